The van der Waals surface area contributed by atoms with Crippen LogP contribution in [0.25, 0.3) is 22.0 Å². The summed E-state index contributed by atoms with van der Waals surface area (Å²) in [5, 5.41) is 0.957. The third kappa shape index (κ3) is 3.70. The van der Waals surface area contributed by atoms with Crippen molar-refractivity contribution >= 4 is 22.6 Å². The summed E-state index contributed by atoms with van der Waals surface area (Å²) in [6.45, 7) is 1.43. The van der Waals surface area contributed by atoms with E-state index in [1.807, 2.05) is 35.2 Å². The van der Waals surface area contributed by atoms with Gasteiger partial charge in [-0.1, -0.05) is 12.1 Å². The average Bonchev–Trinajstić information content (AvgIpc) is 3.25. The van der Waals surface area contributed by atoms with Gasteiger partial charge in [0.1, 0.15) is 5.82 Å². The van der Waals surface area contributed by atoms with Crippen molar-refractivity contribution in [3.63, 3.8) is 0 Å². The van der Waals surface area contributed by atoms with Crippen LogP contribution in [0.15, 0.2) is 65.7 Å². The third-order valence-corrected chi connectivity index (χ3v) is 6.07. The monoisotopic (exact) mass is 413 g/mol. The summed E-state index contributed by atoms with van der Waals surface area (Å²) < 4.78 is 0. The Hall–Kier alpha value is -3.87. The van der Waals surface area contributed by atoms with Crippen LogP contribution in [0.5, 0.6) is 0 Å². The number of aromatic amines is 2. The molecule has 1 saturated heterocycles. The minimum Gasteiger partial charge on any atom is -0.383 e. The largest absolute Gasteiger partial charge is 0.383 e. The Labute approximate surface area is 178 Å². The van der Waals surface area contributed by atoms with Gasteiger partial charge >= 0.3 is 0 Å². The molecule has 4 N–H and O–H groups in total. The molecule has 0 atom stereocenters. The molecule has 0 spiro atoms. The molecule has 5 rings (SSSR count). The highest BCUT2D eigenvalue weighted by Crippen LogP contribution is 2.31. The van der Waals surface area contributed by atoms with Gasteiger partial charge in [0.25, 0.3) is 5.91 Å². The molecule has 4 heterocycles. The zero-order chi connectivity index (χ0) is 21.4. The predicted octanol–water partition coefficient (Wildman–Crippen LogP) is 3.52. The molecule has 1 aliphatic heterocycles. The lowest BCUT2D eigenvalue weighted by atomic mass is 9.93. The van der Waals surface area contributed by atoms with E-state index in [0.29, 0.717) is 30.4 Å². The topological polar surface area (TPSA) is 108 Å². The van der Waals surface area contributed by atoms with Crippen molar-refractivity contribution in [3.8, 4) is 11.1 Å². The fourth-order valence-electron chi connectivity index (χ4n) is 4.29. The maximum atomic E-state index is 13.0. The fourth-order valence-corrected chi connectivity index (χ4v) is 4.29. The van der Waals surface area contributed by atoms with Gasteiger partial charge in [-0.25, -0.2) is 4.98 Å². The summed E-state index contributed by atoms with van der Waals surface area (Å²) in [6.07, 6.45) is 5.20. The number of pyridine rings is 2. The number of nitrogens with two attached hydrogens (primary N) is 1. The Kier molecular flexibility index (Phi) is 4.78. The zero-order valence-corrected chi connectivity index (χ0v) is 17.0. The molecule has 1 amide bonds. The van der Waals surface area contributed by atoms with E-state index < -0.39 is 0 Å². The Bertz CT molecular complexity index is 1280. The number of rotatable bonds is 3. The fraction of sp³-hybridized carbons (Fsp3) is 0.208. The second kappa shape index (κ2) is 7.75. The number of fused-ring (bicyclic) bond motifs is 1. The molecule has 0 bridgehead atoms. The molecule has 31 heavy (non-hydrogen) atoms. The van der Waals surface area contributed by atoms with E-state index in [2.05, 4.69) is 21.0 Å². The number of aromatic nitrogens is 3. The van der Waals surface area contributed by atoms with Crippen LogP contribution in [0.3, 0.4) is 0 Å². The number of hydrogen-bond acceptors (Lipinski definition) is 4. The van der Waals surface area contributed by atoms with Crippen LogP contribution >= 0.6 is 0 Å². The molecule has 0 aliphatic carbocycles. The molecule has 4 aromatic rings. The van der Waals surface area contributed by atoms with Crippen molar-refractivity contribution in [2.45, 2.75) is 18.8 Å². The van der Waals surface area contributed by atoms with Gasteiger partial charge in [-0.2, -0.15) is 0 Å². The highest BCUT2D eigenvalue weighted by Gasteiger charge is 2.25. The first-order valence-electron chi connectivity index (χ1n) is 10.4. The van der Waals surface area contributed by atoms with Crippen molar-refractivity contribution in [1.29, 1.82) is 0 Å². The number of anilines is 1. The summed E-state index contributed by atoms with van der Waals surface area (Å²) in [6, 6.07) is 14.8. The number of carbonyl (C=O) groups excluding carboxylic acids is 1. The SMILES string of the molecule is Nc1nccc2[nH]c(C3CCN(C(=O)c4ccc(-c5ccc(=O)[nH]c5)cc4)CC3)cc12. The van der Waals surface area contributed by atoms with E-state index >= 15 is 0 Å². The number of H-pyrrole nitrogens is 2. The zero-order valence-electron chi connectivity index (χ0n) is 17.0. The second-order valence-corrected chi connectivity index (χ2v) is 7.97. The van der Waals surface area contributed by atoms with E-state index in [4.69, 9.17) is 5.73 Å². The lowest BCUT2D eigenvalue weighted by Crippen LogP contribution is -2.37. The lowest BCUT2D eigenvalue weighted by molar-refractivity contribution is 0.0712. The maximum Gasteiger partial charge on any atom is 0.253 e. The number of nitrogen functional groups attached to an aromatic ring is 1. The molecular weight excluding hydrogens is 390 g/mol. The molecule has 1 aliphatic rings. The van der Waals surface area contributed by atoms with E-state index in [1.165, 1.54) is 6.07 Å². The molecular formula is C24H23N5O2. The molecule has 1 fully saturated rings. The highest BCUT2D eigenvalue weighted by atomic mass is 16.2. The van der Waals surface area contributed by atoms with Crippen molar-refractivity contribution in [3.05, 3.63) is 82.5 Å². The van der Waals surface area contributed by atoms with E-state index in [0.717, 1.165) is 40.6 Å². The second-order valence-electron chi connectivity index (χ2n) is 7.97. The van der Waals surface area contributed by atoms with Crippen LogP contribution in [0.2, 0.25) is 0 Å². The van der Waals surface area contributed by atoms with Crippen LogP contribution in [0.4, 0.5) is 5.82 Å². The summed E-state index contributed by atoms with van der Waals surface area (Å²) in [5.74, 6) is 0.966. The summed E-state index contributed by atoms with van der Waals surface area (Å²) in [7, 11) is 0. The maximum absolute atomic E-state index is 13.0. The smallest absolute Gasteiger partial charge is 0.253 e. The summed E-state index contributed by atoms with van der Waals surface area (Å²) >= 11 is 0. The third-order valence-electron chi connectivity index (χ3n) is 6.07. The lowest BCUT2D eigenvalue weighted by Gasteiger charge is -2.31. The van der Waals surface area contributed by atoms with Gasteiger partial charge in [0.2, 0.25) is 5.56 Å². The molecule has 1 aromatic carbocycles. The van der Waals surface area contributed by atoms with E-state index in [1.54, 1.807) is 18.5 Å². The standard InChI is InChI=1S/C24H23N5O2/c25-23-19-13-21(28-20(19)7-10-26-23)16-8-11-29(12-9-16)24(31)17-3-1-15(2-4-17)18-5-6-22(30)27-14-18/h1-7,10,13-14,16,28H,8-9,11-12H2,(H2,25,26)(H,27,30). The Morgan fingerprint density at radius 3 is 2.45 bits per heavy atom. The van der Waals surface area contributed by atoms with Crippen molar-refractivity contribution in [2.24, 2.45) is 0 Å². The quantitative estimate of drug-likeness (QED) is 0.477. The number of benzene rings is 1. The molecule has 0 unspecified atom stereocenters. The van der Waals surface area contributed by atoms with E-state index in [-0.39, 0.29) is 11.5 Å². The molecule has 7 heteroatoms. The summed E-state index contributed by atoms with van der Waals surface area (Å²) in [5.41, 5.74) is 10.6. The molecule has 0 radical (unpaired) electrons. The van der Waals surface area contributed by atoms with Gasteiger partial charge in [0, 0.05) is 54.1 Å². The minimum absolute atomic E-state index is 0.0524. The first kappa shape index (κ1) is 19.1. The van der Waals surface area contributed by atoms with Crippen LogP contribution < -0.4 is 11.3 Å². The van der Waals surface area contributed by atoms with Crippen molar-refractivity contribution in [2.75, 3.05) is 18.8 Å². The molecule has 156 valence electrons. The Morgan fingerprint density at radius 2 is 1.77 bits per heavy atom. The van der Waals surface area contributed by atoms with Crippen molar-refractivity contribution < 1.29 is 4.79 Å². The first-order chi connectivity index (χ1) is 15.1. The predicted molar refractivity (Wildman–Crippen MR) is 121 cm³/mol. The van der Waals surface area contributed by atoms with Crippen LogP contribution in [-0.4, -0.2) is 38.8 Å². The highest BCUT2D eigenvalue weighted by molar-refractivity contribution is 5.95. The van der Waals surface area contributed by atoms with Crippen LogP contribution in [0.1, 0.15) is 34.8 Å². The average molecular weight is 413 g/mol. The number of likely N-dealkylation sites (tertiary alicyclic amines) is 1. The van der Waals surface area contributed by atoms with Crippen LogP contribution in [0, 0.1) is 0 Å². The van der Waals surface area contributed by atoms with Crippen molar-refractivity contribution in [1.82, 2.24) is 19.9 Å². The number of carbonyl (C=O) groups is 1. The number of hydrogen-bond donors (Lipinski definition) is 3. The molecule has 0 saturated carbocycles. The first-order valence-corrected chi connectivity index (χ1v) is 10.4. The molecule has 3 aromatic heterocycles. The number of nitrogens with one attached hydrogen (secondary N) is 2. The van der Waals surface area contributed by atoms with Gasteiger partial charge in [0.15, 0.2) is 0 Å². The summed E-state index contributed by atoms with van der Waals surface area (Å²) in [4.78, 5) is 36.4. The van der Waals surface area contributed by atoms with Gasteiger partial charge in [0.05, 0.1) is 5.52 Å². The Balaban J connectivity index is 1.25. The van der Waals surface area contributed by atoms with Crippen LogP contribution in [-0.2, 0) is 0 Å². The number of piperidine rings is 1. The Morgan fingerprint density at radius 1 is 1.03 bits per heavy atom. The van der Waals surface area contributed by atoms with Gasteiger partial charge in [-0.05, 0) is 54.3 Å². The van der Waals surface area contributed by atoms with Gasteiger partial charge in [-0.15, -0.1) is 0 Å². The molecule has 7 nitrogen and oxygen atoms in total. The minimum atomic E-state index is -0.133. The van der Waals surface area contributed by atoms with Gasteiger partial charge in [-0.3, -0.25) is 9.59 Å². The number of amides is 1. The van der Waals surface area contributed by atoms with E-state index in [9.17, 15) is 9.59 Å². The number of nitrogens with zero attached hydrogens (tertiary/aromatic N) is 2. The van der Waals surface area contributed by atoms with Gasteiger partial charge < -0.3 is 20.6 Å². The normalized spacial score (nSPS) is 14.8.